The van der Waals surface area contributed by atoms with Gasteiger partial charge in [-0.2, -0.15) is 0 Å². The first kappa shape index (κ1) is 10.5. The Bertz CT molecular complexity index is 401. The maximum absolute atomic E-state index is 5.28. The highest BCUT2D eigenvalue weighted by atomic mass is 32.1. The largest absolute Gasteiger partial charge is 0.497 e. The van der Waals surface area contributed by atoms with Gasteiger partial charge in [0.2, 0.25) is 0 Å². The minimum Gasteiger partial charge on any atom is -0.497 e. The fraction of sp³-hybridized carbons (Fsp3) is 0.273. The van der Waals surface area contributed by atoms with Crippen LogP contribution in [-0.4, -0.2) is 17.1 Å². The summed E-state index contributed by atoms with van der Waals surface area (Å²) in [6.45, 7) is 0. The molecule has 4 heteroatoms. The van der Waals surface area contributed by atoms with Gasteiger partial charge in [-0.05, 0) is 12.1 Å². The van der Waals surface area contributed by atoms with Crippen molar-refractivity contribution in [1.29, 1.82) is 0 Å². The van der Waals surface area contributed by atoms with Crippen molar-refractivity contribution in [3.63, 3.8) is 0 Å². The van der Waals surface area contributed by atoms with Crippen molar-refractivity contribution in [2.75, 3.05) is 12.0 Å². The molecule has 1 fully saturated rings. The van der Waals surface area contributed by atoms with Crippen molar-refractivity contribution in [2.45, 2.75) is 12.8 Å². The van der Waals surface area contributed by atoms with E-state index in [-0.39, 0.29) is 0 Å². The molecule has 0 atom stereocenters. The number of thiocarbonyl (C=S) groups is 2. The summed E-state index contributed by atoms with van der Waals surface area (Å²) in [6.07, 6.45) is 1.76. The number of nitrogens with zero attached hydrogens (tertiary/aromatic N) is 1. The molecule has 0 radical (unpaired) electrons. The standard InChI is InChI=1S/C11H11NOS2/c1-13-9-4-2-3-8(7-9)12-10(14)5-6-11(12)15/h2-4,7H,5-6H2,1H3. The molecule has 0 unspecified atom stereocenters. The Morgan fingerprint density at radius 2 is 1.87 bits per heavy atom. The number of ether oxygens (including phenoxy) is 1. The Hall–Kier alpha value is -1.00. The highest BCUT2D eigenvalue weighted by molar-refractivity contribution is 7.82. The van der Waals surface area contributed by atoms with Crippen LogP contribution in [0.25, 0.3) is 0 Å². The molecule has 0 bridgehead atoms. The van der Waals surface area contributed by atoms with Gasteiger partial charge in [-0.15, -0.1) is 0 Å². The highest BCUT2D eigenvalue weighted by Crippen LogP contribution is 2.27. The first-order valence-corrected chi connectivity index (χ1v) is 5.54. The molecule has 15 heavy (non-hydrogen) atoms. The molecule has 2 rings (SSSR count). The molecule has 0 N–H and O–H groups in total. The number of hydrogen-bond donors (Lipinski definition) is 0. The Kier molecular flexibility index (Phi) is 2.98. The molecule has 1 heterocycles. The van der Waals surface area contributed by atoms with E-state index < -0.39 is 0 Å². The zero-order valence-electron chi connectivity index (χ0n) is 8.40. The Labute approximate surface area is 99.8 Å². The van der Waals surface area contributed by atoms with E-state index in [9.17, 15) is 0 Å². The van der Waals surface area contributed by atoms with Gasteiger partial charge in [-0.3, -0.25) is 4.90 Å². The van der Waals surface area contributed by atoms with Crippen LogP contribution in [0.4, 0.5) is 5.69 Å². The molecule has 0 saturated carbocycles. The van der Waals surface area contributed by atoms with Crippen molar-refractivity contribution < 1.29 is 4.74 Å². The fourth-order valence-corrected chi connectivity index (χ4v) is 2.31. The second-order valence-electron chi connectivity index (χ2n) is 3.32. The van der Waals surface area contributed by atoms with Gasteiger partial charge in [0.15, 0.2) is 0 Å². The topological polar surface area (TPSA) is 12.5 Å². The molecule has 1 saturated heterocycles. The van der Waals surface area contributed by atoms with E-state index in [0.29, 0.717) is 0 Å². The second kappa shape index (κ2) is 4.24. The summed E-state index contributed by atoms with van der Waals surface area (Å²) >= 11 is 10.6. The summed E-state index contributed by atoms with van der Waals surface area (Å²) in [6, 6.07) is 7.79. The van der Waals surface area contributed by atoms with E-state index in [1.807, 2.05) is 29.2 Å². The van der Waals surface area contributed by atoms with Crippen molar-refractivity contribution in [1.82, 2.24) is 0 Å². The van der Waals surface area contributed by atoms with Gasteiger partial charge in [-0.25, -0.2) is 0 Å². The Morgan fingerprint density at radius 3 is 2.47 bits per heavy atom. The van der Waals surface area contributed by atoms with Crippen LogP contribution in [0.3, 0.4) is 0 Å². The molecular weight excluding hydrogens is 226 g/mol. The third-order valence-corrected chi connectivity index (χ3v) is 3.14. The smallest absolute Gasteiger partial charge is 0.120 e. The van der Waals surface area contributed by atoms with Crippen LogP contribution in [0.2, 0.25) is 0 Å². The van der Waals surface area contributed by atoms with Crippen LogP contribution < -0.4 is 9.64 Å². The fourth-order valence-electron chi connectivity index (χ4n) is 1.61. The number of hydrogen-bond acceptors (Lipinski definition) is 3. The van der Waals surface area contributed by atoms with Crippen LogP contribution in [-0.2, 0) is 0 Å². The normalized spacial score (nSPS) is 15.9. The lowest BCUT2D eigenvalue weighted by molar-refractivity contribution is 0.415. The molecular formula is C11H11NOS2. The van der Waals surface area contributed by atoms with Crippen molar-refractivity contribution in [3.05, 3.63) is 24.3 Å². The van der Waals surface area contributed by atoms with Crippen LogP contribution in [0, 0.1) is 0 Å². The SMILES string of the molecule is COc1cccc(N2C(=S)CCC2=S)c1. The summed E-state index contributed by atoms with van der Waals surface area (Å²) in [7, 11) is 1.65. The van der Waals surface area contributed by atoms with Crippen LogP contribution in [0.15, 0.2) is 24.3 Å². The van der Waals surface area contributed by atoms with Gasteiger partial charge in [-0.1, -0.05) is 30.5 Å². The van der Waals surface area contributed by atoms with Gasteiger partial charge in [0.1, 0.15) is 5.75 Å². The lowest BCUT2D eigenvalue weighted by atomic mass is 10.3. The Balaban J connectivity index is 2.36. The van der Waals surface area contributed by atoms with E-state index in [0.717, 1.165) is 34.3 Å². The van der Waals surface area contributed by atoms with E-state index in [4.69, 9.17) is 29.2 Å². The molecule has 1 aromatic carbocycles. The number of methoxy groups -OCH3 is 1. The zero-order valence-corrected chi connectivity index (χ0v) is 10.0. The highest BCUT2D eigenvalue weighted by Gasteiger charge is 2.23. The lowest BCUT2D eigenvalue weighted by Gasteiger charge is -2.18. The molecule has 1 aliphatic rings. The number of anilines is 1. The molecule has 0 aromatic heterocycles. The van der Waals surface area contributed by atoms with Gasteiger partial charge < -0.3 is 4.74 Å². The molecule has 78 valence electrons. The van der Waals surface area contributed by atoms with E-state index >= 15 is 0 Å². The average Bonchev–Trinajstić information content (AvgIpc) is 2.59. The van der Waals surface area contributed by atoms with Crippen LogP contribution >= 0.6 is 24.4 Å². The second-order valence-corrected chi connectivity index (χ2v) is 4.27. The van der Waals surface area contributed by atoms with E-state index in [2.05, 4.69) is 0 Å². The molecule has 1 aliphatic heterocycles. The average molecular weight is 237 g/mol. The van der Waals surface area contributed by atoms with Gasteiger partial charge >= 0.3 is 0 Å². The third kappa shape index (κ3) is 2.01. The van der Waals surface area contributed by atoms with Crippen LogP contribution in [0.5, 0.6) is 5.75 Å². The maximum Gasteiger partial charge on any atom is 0.120 e. The molecule has 0 spiro atoms. The minimum atomic E-state index is 0.824. The zero-order chi connectivity index (χ0) is 10.8. The lowest BCUT2D eigenvalue weighted by Crippen LogP contribution is -2.25. The summed E-state index contributed by atoms with van der Waals surface area (Å²) in [4.78, 5) is 3.74. The summed E-state index contributed by atoms with van der Waals surface area (Å²) in [5.74, 6) is 0.824. The van der Waals surface area contributed by atoms with Crippen LogP contribution in [0.1, 0.15) is 12.8 Å². The maximum atomic E-state index is 5.28. The Morgan fingerprint density at radius 1 is 1.20 bits per heavy atom. The molecule has 0 amide bonds. The molecule has 2 nitrogen and oxygen atoms in total. The van der Waals surface area contributed by atoms with E-state index in [1.165, 1.54) is 0 Å². The van der Waals surface area contributed by atoms with Gasteiger partial charge in [0.05, 0.1) is 22.8 Å². The molecule has 0 aliphatic carbocycles. The first-order chi connectivity index (χ1) is 7.22. The van der Waals surface area contributed by atoms with Crippen molar-refractivity contribution >= 4 is 40.1 Å². The summed E-state index contributed by atoms with van der Waals surface area (Å²) in [5, 5.41) is 0. The van der Waals surface area contributed by atoms with Crippen molar-refractivity contribution in [2.24, 2.45) is 0 Å². The molecule has 1 aromatic rings. The third-order valence-electron chi connectivity index (χ3n) is 2.36. The number of benzene rings is 1. The van der Waals surface area contributed by atoms with Gasteiger partial charge in [0, 0.05) is 18.9 Å². The predicted molar refractivity (Wildman–Crippen MR) is 69.9 cm³/mol. The van der Waals surface area contributed by atoms with Crippen molar-refractivity contribution in [3.8, 4) is 5.75 Å². The first-order valence-electron chi connectivity index (χ1n) is 4.72. The minimum absolute atomic E-state index is 0.824. The van der Waals surface area contributed by atoms with E-state index in [1.54, 1.807) is 7.11 Å². The predicted octanol–water partition coefficient (Wildman–Crippen LogP) is 2.95. The number of rotatable bonds is 2. The van der Waals surface area contributed by atoms with Gasteiger partial charge in [0.25, 0.3) is 0 Å². The summed E-state index contributed by atoms with van der Waals surface area (Å²) < 4.78 is 5.17. The quantitative estimate of drug-likeness (QED) is 0.733. The summed E-state index contributed by atoms with van der Waals surface area (Å²) in [5.41, 5.74) is 1.00. The monoisotopic (exact) mass is 237 g/mol.